The molecule has 3 nitrogen and oxygen atoms in total. The first-order valence-electron chi connectivity index (χ1n) is 6.78. The summed E-state index contributed by atoms with van der Waals surface area (Å²) >= 11 is 0. The fourth-order valence-electron chi connectivity index (χ4n) is 2.28. The Hall–Kier alpha value is -2.62. The van der Waals surface area contributed by atoms with E-state index >= 15 is 0 Å². The highest BCUT2D eigenvalue weighted by molar-refractivity contribution is 5.90. The largest absolute Gasteiger partial charge is 0.496 e. The van der Waals surface area contributed by atoms with Crippen LogP contribution < -0.4 is 4.74 Å². The van der Waals surface area contributed by atoms with Crippen molar-refractivity contribution in [3.63, 3.8) is 0 Å². The van der Waals surface area contributed by atoms with Gasteiger partial charge in [0.15, 0.2) is 0 Å². The maximum atomic E-state index is 14.2. The molecule has 0 aliphatic rings. The van der Waals surface area contributed by atoms with Gasteiger partial charge in [0.2, 0.25) is 0 Å². The van der Waals surface area contributed by atoms with Crippen LogP contribution in [-0.4, -0.2) is 18.2 Å². The highest BCUT2D eigenvalue weighted by atomic mass is 19.1. The molecule has 0 aliphatic heterocycles. The van der Waals surface area contributed by atoms with Gasteiger partial charge >= 0.3 is 5.97 Å². The smallest absolute Gasteiger partial charge is 0.328 e. The number of ether oxygens (including phenoxy) is 1. The Balaban J connectivity index is 2.61. The molecule has 0 amide bonds. The lowest BCUT2D eigenvalue weighted by Gasteiger charge is -2.12. The van der Waals surface area contributed by atoms with Crippen molar-refractivity contribution in [2.75, 3.05) is 7.11 Å². The van der Waals surface area contributed by atoms with Crippen molar-refractivity contribution in [2.45, 2.75) is 13.8 Å². The van der Waals surface area contributed by atoms with Gasteiger partial charge in [-0.3, -0.25) is 0 Å². The van der Waals surface area contributed by atoms with Crippen LogP contribution in [0.15, 0.2) is 42.5 Å². The second kappa shape index (κ2) is 6.43. The molecule has 1 N–H and O–H groups in total. The Morgan fingerprint density at radius 3 is 2.55 bits per heavy atom. The zero-order chi connectivity index (χ0) is 16.3. The third-order valence-corrected chi connectivity index (χ3v) is 3.41. The zero-order valence-corrected chi connectivity index (χ0v) is 12.7. The molecule has 0 radical (unpaired) electrons. The van der Waals surface area contributed by atoms with E-state index in [4.69, 9.17) is 9.84 Å². The number of aliphatic carboxylic acids is 1. The summed E-state index contributed by atoms with van der Waals surface area (Å²) in [6.07, 6.45) is 1.10. The molecule has 0 bridgehead atoms. The van der Waals surface area contributed by atoms with Gasteiger partial charge in [-0.1, -0.05) is 17.7 Å². The number of carboxylic acids is 1. The quantitative estimate of drug-likeness (QED) is 0.856. The number of halogens is 1. The number of hydrogen-bond acceptors (Lipinski definition) is 2. The number of methoxy groups -OCH3 is 1. The van der Waals surface area contributed by atoms with Crippen LogP contribution in [0.5, 0.6) is 5.75 Å². The second-order valence-electron chi connectivity index (χ2n) is 5.06. The molecule has 2 aromatic carbocycles. The number of hydrogen-bond donors (Lipinski definition) is 1. The third-order valence-electron chi connectivity index (χ3n) is 3.41. The topological polar surface area (TPSA) is 46.5 Å². The number of carboxylic acid groups (broad SMARTS) is 1. The van der Waals surface area contributed by atoms with Crippen molar-refractivity contribution >= 4 is 11.5 Å². The molecule has 0 atom stereocenters. The van der Waals surface area contributed by atoms with Crippen LogP contribution in [0.2, 0.25) is 0 Å². The van der Waals surface area contributed by atoms with Crippen LogP contribution in [0, 0.1) is 12.7 Å². The number of carbonyl (C=O) groups is 1. The molecule has 0 unspecified atom stereocenters. The second-order valence-corrected chi connectivity index (χ2v) is 5.06. The van der Waals surface area contributed by atoms with E-state index in [2.05, 4.69) is 0 Å². The molecule has 0 fully saturated rings. The molecule has 0 saturated carbocycles. The number of rotatable bonds is 4. The molecule has 0 aliphatic carbocycles. The Morgan fingerprint density at radius 1 is 1.18 bits per heavy atom. The summed E-state index contributed by atoms with van der Waals surface area (Å²) in [5.74, 6) is -0.839. The van der Waals surface area contributed by atoms with E-state index in [0.29, 0.717) is 28.0 Å². The zero-order valence-electron chi connectivity index (χ0n) is 12.7. The molecular weight excluding hydrogens is 283 g/mol. The van der Waals surface area contributed by atoms with Gasteiger partial charge in [0.1, 0.15) is 11.6 Å². The molecule has 4 heteroatoms. The monoisotopic (exact) mass is 300 g/mol. The van der Waals surface area contributed by atoms with E-state index < -0.39 is 5.97 Å². The van der Waals surface area contributed by atoms with Gasteiger partial charge in [-0.25, -0.2) is 9.18 Å². The maximum Gasteiger partial charge on any atom is 0.328 e. The van der Waals surface area contributed by atoms with E-state index in [1.807, 2.05) is 19.1 Å². The summed E-state index contributed by atoms with van der Waals surface area (Å²) in [6, 6.07) is 10.1. The summed E-state index contributed by atoms with van der Waals surface area (Å²) in [5, 5.41) is 8.83. The van der Waals surface area contributed by atoms with Gasteiger partial charge in [-0.15, -0.1) is 0 Å². The molecule has 2 rings (SSSR count). The Labute approximate surface area is 128 Å². The Bertz CT molecular complexity index is 748. The number of allylic oxidation sites excluding steroid dienone is 1. The lowest BCUT2D eigenvalue weighted by molar-refractivity contribution is -0.131. The van der Waals surface area contributed by atoms with Gasteiger partial charge in [0.25, 0.3) is 0 Å². The van der Waals surface area contributed by atoms with Crippen molar-refractivity contribution in [3.05, 3.63) is 59.4 Å². The lowest BCUT2D eigenvalue weighted by Crippen LogP contribution is -1.94. The first-order chi connectivity index (χ1) is 10.4. The minimum Gasteiger partial charge on any atom is -0.496 e. The molecule has 0 heterocycles. The molecule has 0 aromatic heterocycles. The predicted molar refractivity (Wildman–Crippen MR) is 84.4 cm³/mol. The van der Waals surface area contributed by atoms with Crippen molar-refractivity contribution in [3.8, 4) is 16.9 Å². The van der Waals surface area contributed by atoms with E-state index in [1.165, 1.54) is 13.2 Å². The van der Waals surface area contributed by atoms with Crippen LogP contribution >= 0.6 is 0 Å². The molecular formula is C18H17FO3. The number of benzene rings is 2. The van der Waals surface area contributed by atoms with Crippen LogP contribution in [0.3, 0.4) is 0 Å². The Morgan fingerprint density at radius 2 is 1.91 bits per heavy atom. The molecule has 2 aromatic rings. The average Bonchev–Trinajstić information content (AvgIpc) is 2.47. The fraction of sp³-hybridized carbons (Fsp3) is 0.167. The third kappa shape index (κ3) is 3.34. The fourth-order valence-corrected chi connectivity index (χ4v) is 2.28. The highest BCUT2D eigenvalue weighted by Gasteiger charge is 2.12. The van der Waals surface area contributed by atoms with Crippen LogP contribution in [0.25, 0.3) is 16.7 Å². The van der Waals surface area contributed by atoms with Gasteiger partial charge < -0.3 is 9.84 Å². The van der Waals surface area contributed by atoms with Crippen molar-refractivity contribution in [1.29, 1.82) is 0 Å². The maximum absolute atomic E-state index is 14.2. The molecule has 0 spiro atoms. The van der Waals surface area contributed by atoms with E-state index in [9.17, 15) is 9.18 Å². The van der Waals surface area contributed by atoms with E-state index in [1.54, 1.807) is 25.1 Å². The summed E-state index contributed by atoms with van der Waals surface area (Å²) in [6.45, 7) is 3.60. The lowest BCUT2D eigenvalue weighted by atomic mass is 9.97. The Kier molecular flexibility index (Phi) is 4.61. The van der Waals surface area contributed by atoms with Crippen molar-refractivity contribution < 1.29 is 19.0 Å². The van der Waals surface area contributed by atoms with Crippen molar-refractivity contribution in [1.82, 2.24) is 0 Å². The summed E-state index contributed by atoms with van der Waals surface area (Å²) in [7, 11) is 1.53. The summed E-state index contributed by atoms with van der Waals surface area (Å²) in [5.41, 5.74) is 3.22. The van der Waals surface area contributed by atoms with Gasteiger partial charge in [0.05, 0.1) is 7.11 Å². The first kappa shape index (κ1) is 15.8. The van der Waals surface area contributed by atoms with Crippen LogP contribution in [0.4, 0.5) is 4.39 Å². The average molecular weight is 300 g/mol. The SMILES string of the molecule is COc1ccc(C)cc1-c1cc(/C(C)=C/C(=O)O)ccc1F. The van der Waals surface area contributed by atoms with Gasteiger partial charge in [-0.2, -0.15) is 0 Å². The minimum atomic E-state index is -1.03. The predicted octanol–water partition coefficient (Wildman–Crippen LogP) is 4.30. The minimum absolute atomic E-state index is 0.379. The number of aryl methyl sites for hydroxylation is 1. The summed E-state index contributed by atoms with van der Waals surface area (Å²) < 4.78 is 19.5. The van der Waals surface area contributed by atoms with Crippen LogP contribution in [-0.2, 0) is 4.79 Å². The molecule has 22 heavy (non-hydrogen) atoms. The van der Waals surface area contributed by atoms with E-state index in [0.717, 1.165) is 11.6 Å². The molecule has 114 valence electrons. The summed E-state index contributed by atoms with van der Waals surface area (Å²) in [4.78, 5) is 10.8. The molecule has 0 saturated heterocycles. The standard InChI is InChI=1S/C18H17FO3/c1-11-4-7-17(22-3)15(8-11)14-10-13(5-6-16(14)19)12(2)9-18(20)21/h4-10H,1-3H3,(H,20,21)/b12-9+. The van der Waals surface area contributed by atoms with Crippen LogP contribution in [0.1, 0.15) is 18.1 Å². The highest BCUT2D eigenvalue weighted by Crippen LogP contribution is 2.34. The van der Waals surface area contributed by atoms with E-state index in [-0.39, 0.29) is 5.82 Å². The van der Waals surface area contributed by atoms with Gasteiger partial charge in [0, 0.05) is 17.2 Å². The first-order valence-corrected chi connectivity index (χ1v) is 6.78. The van der Waals surface area contributed by atoms with Crippen molar-refractivity contribution in [2.24, 2.45) is 0 Å². The van der Waals surface area contributed by atoms with Gasteiger partial charge in [-0.05, 0) is 49.2 Å². The normalized spacial score (nSPS) is 11.4.